The van der Waals surface area contributed by atoms with Gasteiger partial charge in [0.2, 0.25) is 5.91 Å². The van der Waals surface area contributed by atoms with Crippen molar-refractivity contribution in [2.75, 3.05) is 49.9 Å². The number of anilines is 1. The molecular formula is C21H23BrN4OS2. The van der Waals surface area contributed by atoms with E-state index in [1.807, 2.05) is 36.4 Å². The van der Waals surface area contributed by atoms with Crippen LogP contribution in [0.2, 0.25) is 0 Å². The van der Waals surface area contributed by atoms with E-state index in [-0.39, 0.29) is 5.91 Å². The second kappa shape index (κ2) is 9.93. The number of piperazine rings is 1. The first kappa shape index (κ1) is 20.7. The lowest BCUT2D eigenvalue weighted by Gasteiger charge is -2.34. The number of benzene rings is 2. The van der Waals surface area contributed by atoms with Crippen molar-refractivity contribution >= 4 is 60.3 Å². The number of nitrogens with zero attached hydrogens (tertiary/aromatic N) is 3. The van der Waals surface area contributed by atoms with E-state index >= 15 is 0 Å². The molecule has 3 aromatic rings. The Hall–Kier alpha value is -1.61. The number of hydrogen-bond donors (Lipinski definition) is 1. The highest BCUT2D eigenvalue weighted by atomic mass is 79.9. The van der Waals surface area contributed by atoms with Gasteiger partial charge in [-0.15, -0.1) is 11.8 Å². The van der Waals surface area contributed by atoms with Crippen molar-refractivity contribution in [3.05, 3.63) is 53.0 Å². The van der Waals surface area contributed by atoms with Gasteiger partial charge < -0.3 is 10.2 Å². The largest absolute Gasteiger partial charge is 0.354 e. The molecule has 1 saturated heterocycles. The highest BCUT2D eigenvalue weighted by Gasteiger charge is 2.19. The third kappa shape index (κ3) is 5.72. The van der Waals surface area contributed by atoms with Crippen LogP contribution >= 0.6 is 39.0 Å². The van der Waals surface area contributed by atoms with Crippen molar-refractivity contribution in [2.24, 2.45) is 0 Å². The molecule has 0 spiro atoms. The average molecular weight is 491 g/mol. The number of halogens is 1. The van der Waals surface area contributed by atoms with Gasteiger partial charge in [-0.05, 0) is 30.3 Å². The van der Waals surface area contributed by atoms with Crippen LogP contribution in [0.5, 0.6) is 0 Å². The molecule has 152 valence electrons. The monoisotopic (exact) mass is 490 g/mol. The van der Waals surface area contributed by atoms with Gasteiger partial charge in [0, 0.05) is 48.6 Å². The molecule has 29 heavy (non-hydrogen) atoms. The van der Waals surface area contributed by atoms with E-state index in [4.69, 9.17) is 4.98 Å². The summed E-state index contributed by atoms with van der Waals surface area (Å²) in [6, 6.07) is 16.3. The molecule has 1 aliphatic heterocycles. The molecule has 5 nitrogen and oxygen atoms in total. The third-order valence-corrected chi connectivity index (χ3v) is 7.43. The van der Waals surface area contributed by atoms with E-state index in [1.165, 1.54) is 4.70 Å². The maximum atomic E-state index is 12.0. The molecule has 0 atom stereocenters. The number of carbonyl (C=O) groups is 1. The van der Waals surface area contributed by atoms with Crippen LogP contribution in [-0.2, 0) is 4.79 Å². The van der Waals surface area contributed by atoms with Crippen LogP contribution in [-0.4, -0.2) is 60.8 Å². The predicted octanol–water partition coefficient (Wildman–Crippen LogP) is 4.09. The molecule has 0 saturated carbocycles. The van der Waals surface area contributed by atoms with Crippen molar-refractivity contribution in [1.82, 2.24) is 15.2 Å². The average Bonchev–Trinajstić information content (AvgIpc) is 3.17. The molecule has 2 heterocycles. The Morgan fingerprint density at radius 3 is 2.72 bits per heavy atom. The molecular weight excluding hydrogens is 468 g/mol. The zero-order valence-corrected chi connectivity index (χ0v) is 19.2. The first-order chi connectivity index (χ1) is 14.2. The van der Waals surface area contributed by atoms with E-state index in [2.05, 4.69) is 43.2 Å². The molecule has 1 fully saturated rings. The summed E-state index contributed by atoms with van der Waals surface area (Å²) >= 11 is 6.85. The summed E-state index contributed by atoms with van der Waals surface area (Å²) in [4.78, 5) is 22.7. The minimum absolute atomic E-state index is 0.0955. The zero-order chi connectivity index (χ0) is 20.1. The Morgan fingerprint density at radius 2 is 1.93 bits per heavy atom. The summed E-state index contributed by atoms with van der Waals surface area (Å²) in [6.45, 7) is 5.52. The minimum atomic E-state index is 0.0955. The van der Waals surface area contributed by atoms with Crippen LogP contribution in [0.3, 0.4) is 0 Å². The standard InChI is InChI=1S/C21H23BrN4OS2/c22-16-6-7-18-19(14-16)29-21(24-18)26-12-10-25(11-13-26)9-8-23-20(27)15-28-17-4-2-1-3-5-17/h1-7,14H,8-13,15H2,(H,23,27). The fraction of sp³-hybridized carbons (Fsp3) is 0.333. The summed E-state index contributed by atoms with van der Waals surface area (Å²) in [5.41, 5.74) is 1.06. The lowest BCUT2D eigenvalue weighted by molar-refractivity contribution is -0.118. The Bertz CT molecular complexity index is 958. The van der Waals surface area contributed by atoms with Crippen LogP contribution in [0.1, 0.15) is 0 Å². The maximum absolute atomic E-state index is 12.0. The lowest BCUT2D eigenvalue weighted by atomic mass is 10.3. The second-order valence-corrected chi connectivity index (χ2v) is 9.86. The van der Waals surface area contributed by atoms with Crippen molar-refractivity contribution in [1.29, 1.82) is 0 Å². The lowest BCUT2D eigenvalue weighted by Crippen LogP contribution is -2.48. The smallest absolute Gasteiger partial charge is 0.230 e. The van der Waals surface area contributed by atoms with Crippen LogP contribution in [0.25, 0.3) is 10.2 Å². The van der Waals surface area contributed by atoms with Gasteiger partial charge in [0.25, 0.3) is 0 Å². The molecule has 0 aliphatic carbocycles. The molecule has 0 radical (unpaired) electrons. The van der Waals surface area contributed by atoms with Crippen LogP contribution in [0.15, 0.2) is 57.9 Å². The SMILES string of the molecule is O=C(CSc1ccccc1)NCCN1CCN(c2nc3ccc(Br)cc3s2)CC1. The minimum Gasteiger partial charge on any atom is -0.354 e. The van der Waals surface area contributed by atoms with Gasteiger partial charge in [-0.2, -0.15) is 0 Å². The van der Waals surface area contributed by atoms with E-state index in [1.54, 1.807) is 23.1 Å². The fourth-order valence-electron chi connectivity index (χ4n) is 3.25. The van der Waals surface area contributed by atoms with Crippen molar-refractivity contribution < 1.29 is 4.79 Å². The molecule has 0 bridgehead atoms. The van der Waals surface area contributed by atoms with Crippen LogP contribution < -0.4 is 10.2 Å². The topological polar surface area (TPSA) is 48.5 Å². The van der Waals surface area contributed by atoms with Crippen molar-refractivity contribution in [3.63, 3.8) is 0 Å². The van der Waals surface area contributed by atoms with E-state index in [0.717, 1.165) is 52.7 Å². The van der Waals surface area contributed by atoms with Crippen LogP contribution in [0.4, 0.5) is 5.13 Å². The van der Waals surface area contributed by atoms with Gasteiger partial charge in [-0.1, -0.05) is 45.5 Å². The molecule has 8 heteroatoms. The predicted molar refractivity (Wildman–Crippen MR) is 126 cm³/mol. The van der Waals surface area contributed by atoms with Gasteiger partial charge in [-0.25, -0.2) is 4.98 Å². The number of nitrogens with one attached hydrogen (secondary N) is 1. The first-order valence-corrected chi connectivity index (χ1v) is 12.2. The molecule has 4 rings (SSSR count). The quantitative estimate of drug-likeness (QED) is 0.505. The Labute approximate surface area is 187 Å². The summed E-state index contributed by atoms with van der Waals surface area (Å²) < 4.78 is 2.31. The van der Waals surface area contributed by atoms with Crippen molar-refractivity contribution in [2.45, 2.75) is 4.90 Å². The number of aromatic nitrogens is 1. The molecule has 0 unspecified atom stereocenters. The van der Waals surface area contributed by atoms with Gasteiger partial charge in [0.1, 0.15) is 0 Å². The fourth-order valence-corrected chi connectivity index (χ4v) is 5.57. The Balaban J connectivity index is 1.17. The number of fused-ring (bicyclic) bond motifs is 1. The van der Waals surface area contributed by atoms with E-state index in [9.17, 15) is 4.79 Å². The maximum Gasteiger partial charge on any atom is 0.230 e. The van der Waals surface area contributed by atoms with Gasteiger partial charge >= 0.3 is 0 Å². The number of carbonyl (C=O) groups excluding carboxylic acids is 1. The molecule has 2 aromatic carbocycles. The summed E-state index contributed by atoms with van der Waals surface area (Å²) in [6.07, 6.45) is 0. The van der Waals surface area contributed by atoms with Crippen LogP contribution in [0, 0.1) is 0 Å². The Kier molecular flexibility index (Phi) is 7.07. The van der Waals surface area contributed by atoms with Gasteiger partial charge in [0.15, 0.2) is 5.13 Å². The second-order valence-electron chi connectivity index (χ2n) is 6.89. The third-order valence-electron chi connectivity index (χ3n) is 4.85. The summed E-state index contributed by atoms with van der Waals surface area (Å²) in [7, 11) is 0. The highest BCUT2D eigenvalue weighted by molar-refractivity contribution is 9.10. The van der Waals surface area contributed by atoms with Gasteiger partial charge in [-0.3, -0.25) is 9.69 Å². The molecule has 1 aliphatic rings. The highest BCUT2D eigenvalue weighted by Crippen LogP contribution is 2.31. The molecule has 1 amide bonds. The number of rotatable bonds is 7. The molecule has 1 N–H and O–H groups in total. The number of hydrogen-bond acceptors (Lipinski definition) is 6. The van der Waals surface area contributed by atoms with Crippen molar-refractivity contribution in [3.8, 4) is 0 Å². The normalized spacial score (nSPS) is 15.0. The number of thioether (sulfide) groups is 1. The first-order valence-electron chi connectivity index (χ1n) is 9.65. The summed E-state index contributed by atoms with van der Waals surface area (Å²) in [5.74, 6) is 0.559. The van der Waals surface area contributed by atoms with Gasteiger partial charge in [0.05, 0.1) is 16.0 Å². The Morgan fingerprint density at radius 1 is 1.14 bits per heavy atom. The molecule has 1 aromatic heterocycles. The number of thiazole rings is 1. The van der Waals surface area contributed by atoms with E-state index < -0.39 is 0 Å². The summed E-state index contributed by atoms with van der Waals surface area (Å²) in [5, 5.41) is 4.14. The zero-order valence-electron chi connectivity index (χ0n) is 16.0. The van der Waals surface area contributed by atoms with E-state index in [0.29, 0.717) is 12.3 Å². The number of amides is 1.